The normalized spacial score (nSPS) is 15.4. The first-order valence-corrected chi connectivity index (χ1v) is 4.81. The summed E-state index contributed by atoms with van der Waals surface area (Å²) in [5.41, 5.74) is 7.74. The Morgan fingerprint density at radius 2 is 2.50 bits per heavy atom. The molecule has 0 aromatic carbocycles. The largest absolute Gasteiger partial charge is 0.382 e. The number of hydrogen-bond donors (Lipinski definition) is 2. The van der Waals surface area contributed by atoms with E-state index in [4.69, 9.17) is 5.73 Å². The fraction of sp³-hybridized carbons (Fsp3) is 0.556. The van der Waals surface area contributed by atoms with Crippen LogP contribution in [0.1, 0.15) is 24.6 Å². The van der Waals surface area contributed by atoms with Crippen LogP contribution in [0.4, 0.5) is 5.82 Å². The van der Waals surface area contributed by atoms with Gasteiger partial charge in [0.25, 0.3) is 0 Å². The zero-order chi connectivity index (χ0) is 10.1. The summed E-state index contributed by atoms with van der Waals surface area (Å²) in [4.78, 5) is 13.3. The van der Waals surface area contributed by atoms with E-state index >= 15 is 0 Å². The second kappa shape index (κ2) is 3.32. The Hall–Kier alpha value is -1.52. The van der Waals surface area contributed by atoms with Crippen molar-refractivity contribution in [3.8, 4) is 0 Å². The number of fused-ring (bicyclic) bond motifs is 1. The molecule has 1 aliphatic heterocycles. The first-order valence-electron chi connectivity index (χ1n) is 4.81. The number of nitrogens with zero attached hydrogens (tertiary/aromatic N) is 2. The van der Waals surface area contributed by atoms with Gasteiger partial charge in [0, 0.05) is 30.6 Å². The number of aromatic nitrogens is 2. The van der Waals surface area contributed by atoms with Crippen LogP contribution in [-0.2, 0) is 17.8 Å². The van der Waals surface area contributed by atoms with E-state index in [9.17, 15) is 4.79 Å². The molecular weight excluding hydrogens is 180 g/mol. The quantitative estimate of drug-likeness (QED) is 0.674. The maximum atomic E-state index is 11.5. The van der Waals surface area contributed by atoms with Gasteiger partial charge in [-0.3, -0.25) is 9.89 Å². The van der Waals surface area contributed by atoms with Crippen LogP contribution >= 0.6 is 0 Å². The fourth-order valence-electron chi connectivity index (χ4n) is 1.75. The molecule has 5 heteroatoms. The summed E-state index contributed by atoms with van der Waals surface area (Å²) in [6.45, 7) is 3.24. The van der Waals surface area contributed by atoms with Crippen LogP contribution in [0.3, 0.4) is 0 Å². The van der Waals surface area contributed by atoms with Gasteiger partial charge >= 0.3 is 0 Å². The van der Waals surface area contributed by atoms with Gasteiger partial charge in [-0.25, -0.2) is 0 Å². The van der Waals surface area contributed by atoms with Crippen molar-refractivity contribution >= 4 is 11.7 Å². The van der Waals surface area contributed by atoms with Crippen molar-refractivity contribution in [3.63, 3.8) is 0 Å². The summed E-state index contributed by atoms with van der Waals surface area (Å²) >= 11 is 0. The van der Waals surface area contributed by atoms with Crippen molar-refractivity contribution in [3.05, 3.63) is 11.3 Å². The van der Waals surface area contributed by atoms with Gasteiger partial charge in [-0.2, -0.15) is 5.10 Å². The van der Waals surface area contributed by atoms with Crippen LogP contribution in [0.5, 0.6) is 0 Å². The second-order valence-electron chi connectivity index (χ2n) is 3.48. The Labute approximate surface area is 82.3 Å². The predicted octanol–water partition coefficient (Wildman–Crippen LogP) is 0.287. The van der Waals surface area contributed by atoms with Crippen LogP contribution in [-0.4, -0.2) is 27.5 Å². The van der Waals surface area contributed by atoms with E-state index in [-0.39, 0.29) is 5.91 Å². The van der Waals surface area contributed by atoms with Gasteiger partial charge in [0.1, 0.15) is 5.82 Å². The van der Waals surface area contributed by atoms with E-state index in [0.29, 0.717) is 18.8 Å². The first kappa shape index (κ1) is 9.05. The van der Waals surface area contributed by atoms with Crippen molar-refractivity contribution in [2.45, 2.75) is 26.3 Å². The molecule has 1 aromatic rings. The summed E-state index contributed by atoms with van der Waals surface area (Å²) in [6.07, 6.45) is 1.37. The van der Waals surface area contributed by atoms with Crippen LogP contribution < -0.4 is 5.73 Å². The summed E-state index contributed by atoms with van der Waals surface area (Å²) < 4.78 is 0. The van der Waals surface area contributed by atoms with Gasteiger partial charge in [-0.05, 0) is 0 Å². The summed E-state index contributed by atoms with van der Waals surface area (Å²) in [5.74, 6) is 0.699. The molecule has 5 nitrogen and oxygen atoms in total. The Bertz CT molecular complexity index is 358. The van der Waals surface area contributed by atoms with Crippen molar-refractivity contribution in [1.29, 1.82) is 0 Å². The number of nitrogen functional groups attached to an aromatic ring is 1. The van der Waals surface area contributed by atoms with Gasteiger partial charge < -0.3 is 10.6 Å². The molecular formula is C9H14N4O. The highest BCUT2D eigenvalue weighted by Gasteiger charge is 2.22. The number of rotatable bonds is 1. The molecule has 3 N–H and O–H groups in total. The van der Waals surface area contributed by atoms with Crippen LogP contribution in [0.2, 0.25) is 0 Å². The lowest BCUT2D eigenvalue weighted by Gasteiger charge is -2.26. The molecule has 2 heterocycles. The fourth-order valence-corrected chi connectivity index (χ4v) is 1.75. The molecule has 0 fully saturated rings. The molecule has 0 aliphatic carbocycles. The van der Waals surface area contributed by atoms with E-state index < -0.39 is 0 Å². The van der Waals surface area contributed by atoms with Gasteiger partial charge in [-0.15, -0.1) is 0 Å². The van der Waals surface area contributed by atoms with E-state index in [1.165, 1.54) is 0 Å². The smallest absolute Gasteiger partial charge is 0.222 e. The summed E-state index contributed by atoms with van der Waals surface area (Å²) in [7, 11) is 0. The number of carbonyl (C=O) groups excluding carboxylic acids is 1. The number of anilines is 1. The average molecular weight is 194 g/mol. The first-order chi connectivity index (χ1) is 6.72. The van der Waals surface area contributed by atoms with Gasteiger partial charge in [0.05, 0.1) is 6.54 Å². The Morgan fingerprint density at radius 3 is 3.21 bits per heavy atom. The van der Waals surface area contributed by atoms with E-state index in [2.05, 4.69) is 10.2 Å². The molecule has 0 atom stereocenters. The van der Waals surface area contributed by atoms with E-state index in [1.54, 1.807) is 0 Å². The highest BCUT2D eigenvalue weighted by Crippen LogP contribution is 2.21. The number of nitrogens with two attached hydrogens (primary N) is 1. The zero-order valence-corrected chi connectivity index (χ0v) is 8.21. The maximum Gasteiger partial charge on any atom is 0.222 e. The molecule has 0 saturated carbocycles. The molecule has 0 saturated heterocycles. The minimum absolute atomic E-state index is 0.177. The van der Waals surface area contributed by atoms with Crippen LogP contribution in [0.15, 0.2) is 0 Å². The van der Waals surface area contributed by atoms with Gasteiger partial charge in [-0.1, -0.05) is 6.92 Å². The Kier molecular flexibility index (Phi) is 2.15. The minimum atomic E-state index is 0.177. The molecule has 76 valence electrons. The van der Waals surface area contributed by atoms with Gasteiger partial charge in [0.2, 0.25) is 5.91 Å². The molecule has 0 unspecified atom stereocenters. The summed E-state index contributed by atoms with van der Waals surface area (Å²) in [6, 6.07) is 0. The molecule has 1 amide bonds. The van der Waals surface area contributed by atoms with Gasteiger partial charge in [0.15, 0.2) is 0 Å². The molecule has 0 radical (unpaired) electrons. The van der Waals surface area contributed by atoms with Crippen molar-refractivity contribution < 1.29 is 4.79 Å². The lowest BCUT2D eigenvalue weighted by Crippen LogP contribution is -2.35. The highest BCUT2D eigenvalue weighted by molar-refractivity contribution is 5.76. The SMILES string of the molecule is CCC(=O)N1CCc2[nH]nc(N)c2C1. The third kappa shape index (κ3) is 1.34. The Balaban J connectivity index is 2.20. The number of H-pyrrole nitrogens is 1. The van der Waals surface area contributed by atoms with Crippen molar-refractivity contribution in [2.75, 3.05) is 12.3 Å². The third-order valence-electron chi connectivity index (χ3n) is 2.62. The molecule has 0 spiro atoms. The number of aromatic amines is 1. The Morgan fingerprint density at radius 1 is 1.71 bits per heavy atom. The predicted molar refractivity (Wildman–Crippen MR) is 52.4 cm³/mol. The van der Waals surface area contributed by atoms with Crippen LogP contribution in [0, 0.1) is 0 Å². The van der Waals surface area contributed by atoms with Crippen molar-refractivity contribution in [1.82, 2.24) is 15.1 Å². The number of hydrogen-bond acceptors (Lipinski definition) is 3. The van der Waals surface area contributed by atoms with E-state index in [0.717, 1.165) is 24.2 Å². The molecule has 2 rings (SSSR count). The lowest BCUT2D eigenvalue weighted by molar-refractivity contribution is -0.131. The number of nitrogens with one attached hydrogen (secondary N) is 1. The molecule has 14 heavy (non-hydrogen) atoms. The van der Waals surface area contributed by atoms with E-state index in [1.807, 2.05) is 11.8 Å². The molecule has 1 aromatic heterocycles. The summed E-state index contributed by atoms with van der Waals surface area (Å²) in [5, 5.41) is 6.82. The molecule has 0 bridgehead atoms. The van der Waals surface area contributed by atoms with Crippen molar-refractivity contribution in [2.24, 2.45) is 0 Å². The molecule has 1 aliphatic rings. The monoisotopic (exact) mass is 194 g/mol. The minimum Gasteiger partial charge on any atom is -0.382 e. The second-order valence-corrected chi connectivity index (χ2v) is 3.48. The lowest BCUT2D eigenvalue weighted by atomic mass is 10.1. The number of carbonyl (C=O) groups is 1. The average Bonchev–Trinajstić information content (AvgIpc) is 2.59. The maximum absolute atomic E-state index is 11.5. The zero-order valence-electron chi connectivity index (χ0n) is 8.21. The highest BCUT2D eigenvalue weighted by atomic mass is 16.2. The third-order valence-corrected chi connectivity index (χ3v) is 2.62. The topological polar surface area (TPSA) is 75.0 Å². The number of amides is 1. The standard InChI is InChI=1S/C9H14N4O/c1-2-8(14)13-4-3-7-6(5-13)9(10)12-11-7/h2-5H2,1H3,(H3,10,11,12). The van der Waals surface area contributed by atoms with Crippen LogP contribution in [0.25, 0.3) is 0 Å².